The van der Waals surface area contributed by atoms with Crippen LogP contribution in [0.5, 0.6) is 0 Å². The zero-order valence-corrected chi connectivity index (χ0v) is 8.30. The van der Waals surface area contributed by atoms with Crippen LogP contribution in [-0.4, -0.2) is 42.0 Å². The van der Waals surface area contributed by atoms with Crippen molar-refractivity contribution in [3.8, 4) is 0 Å². The Morgan fingerprint density at radius 3 is 2.62 bits per heavy atom. The van der Waals surface area contributed by atoms with Crippen LogP contribution in [0.25, 0.3) is 0 Å². The fraction of sp³-hybridized carbons (Fsp3) is 0.714. The minimum Gasteiger partial charge on any atom is -0.468 e. The number of aliphatic hydroxyl groups excluding tert-OH is 1. The number of carbonyl (C=O) groups is 2. The molecule has 1 N–H and O–H groups in total. The molecule has 0 aromatic carbocycles. The molecule has 6 heteroatoms. The molecule has 0 spiro atoms. The average Bonchev–Trinajstić information content (AvgIpc) is 2.10. The molecule has 0 aliphatic carbocycles. The molecular weight excluding hydrogens is 196 g/mol. The van der Waals surface area contributed by atoms with Crippen molar-refractivity contribution in [1.82, 2.24) is 0 Å². The highest BCUT2D eigenvalue weighted by molar-refractivity contribution is 8.00. The Balaban J connectivity index is 3.45. The van der Waals surface area contributed by atoms with E-state index in [1.165, 1.54) is 14.0 Å². The van der Waals surface area contributed by atoms with Gasteiger partial charge in [0, 0.05) is 6.92 Å². The predicted octanol–water partition coefficient (Wildman–Crippen LogP) is -0.226. The number of rotatable bonds is 5. The molecule has 76 valence electrons. The summed E-state index contributed by atoms with van der Waals surface area (Å²) in [6.07, 6.45) is 0. The van der Waals surface area contributed by atoms with Gasteiger partial charge in [-0.05, 0) is 0 Å². The lowest BCUT2D eigenvalue weighted by Crippen LogP contribution is -2.16. The van der Waals surface area contributed by atoms with Crippen LogP contribution in [0.3, 0.4) is 0 Å². The maximum atomic E-state index is 10.6. The molecule has 0 aliphatic rings. The smallest absolute Gasteiger partial charge is 0.315 e. The van der Waals surface area contributed by atoms with Gasteiger partial charge in [0.05, 0.1) is 12.9 Å². The highest BCUT2D eigenvalue weighted by Crippen LogP contribution is 2.08. The third kappa shape index (κ3) is 7.61. The first kappa shape index (κ1) is 12.2. The minimum atomic E-state index is -0.886. The second-order valence-corrected chi connectivity index (χ2v) is 3.31. The van der Waals surface area contributed by atoms with Crippen molar-refractivity contribution in [1.29, 1.82) is 0 Å². The first-order chi connectivity index (χ1) is 6.06. The maximum Gasteiger partial charge on any atom is 0.315 e. The SMILES string of the molecule is COC(=O)CS[C@H](O)COC(C)=O. The number of methoxy groups -OCH3 is 1. The van der Waals surface area contributed by atoms with E-state index in [0.29, 0.717) is 0 Å². The van der Waals surface area contributed by atoms with Gasteiger partial charge < -0.3 is 14.6 Å². The van der Waals surface area contributed by atoms with Gasteiger partial charge in [0.1, 0.15) is 12.0 Å². The lowest BCUT2D eigenvalue weighted by atomic mass is 10.7. The van der Waals surface area contributed by atoms with E-state index in [2.05, 4.69) is 9.47 Å². The van der Waals surface area contributed by atoms with Gasteiger partial charge in [-0.3, -0.25) is 9.59 Å². The number of carbonyl (C=O) groups excluding carboxylic acids is 2. The highest BCUT2D eigenvalue weighted by Gasteiger charge is 2.09. The van der Waals surface area contributed by atoms with E-state index in [-0.39, 0.29) is 12.4 Å². The van der Waals surface area contributed by atoms with Gasteiger partial charge in [0.15, 0.2) is 0 Å². The van der Waals surface area contributed by atoms with E-state index in [9.17, 15) is 9.59 Å². The van der Waals surface area contributed by atoms with E-state index in [1.807, 2.05) is 0 Å². The van der Waals surface area contributed by atoms with Gasteiger partial charge in [0.25, 0.3) is 0 Å². The summed E-state index contributed by atoms with van der Waals surface area (Å²) in [4.78, 5) is 20.9. The lowest BCUT2D eigenvalue weighted by molar-refractivity contribution is -0.142. The van der Waals surface area contributed by atoms with Crippen molar-refractivity contribution in [2.75, 3.05) is 19.5 Å². The van der Waals surface area contributed by atoms with E-state index in [1.54, 1.807) is 0 Å². The summed E-state index contributed by atoms with van der Waals surface area (Å²) in [5.41, 5.74) is -0.886. The number of hydrogen-bond acceptors (Lipinski definition) is 6. The Morgan fingerprint density at radius 1 is 1.54 bits per heavy atom. The van der Waals surface area contributed by atoms with E-state index >= 15 is 0 Å². The summed E-state index contributed by atoms with van der Waals surface area (Å²) in [5, 5.41) is 9.12. The van der Waals surface area contributed by atoms with Crippen LogP contribution >= 0.6 is 11.8 Å². The molecule has 0 rings (SSSR count). The van der Waals surface area contributed by atoms with Crippen molar-refractivity contribution < 1.29 is 24.2 Å². The van der Waals surface area contributed by atoms with Crippen molar-refractivity contribution in [2.45, 2.75) is 12.4 Å². The molecule has 1 atom stereocenters. The molecule has 13 heavy (non-hydrogen) atoms. The summed E-state index contributed by atoms with van der Waals surface area (Å²) < 4.78 is 8.86. The number of esters is 2. The molecule has 0 radical (unpaired) electrons. The monoisotopic (exact) mass is 208 g/mol. The van der Waals surface area contributed by atoms with Crippen LogP contribution in [0.15, 0.2) is 0 Å². The van der Waals surface area contributed by atoms with Crippen LogP contribution in [0.1, 0.15) is 6.92 Å². The van der Waals surface area contributed by atoms with E-state index in [0.717, 1.165) is 11.8 Å². The molecule has 0 heterocycles. The number of aliphatic hydroxyl groups is 1. The lowest BCUT2D eigenvalue weighted by Gasteiger charge is -2.08. The van der Waals surface area contributed by atoms with Gasteiger partial charge in [-0.15, -0.1) is 11.8 Å². The maximum absolute atomic E-state index is 10.6. The number of hydrogen-bond donors (Lipinski definition) is 1. The third-order valence-electron chi connectivity index (χ3n) is 1.05. The molecule has 0 bridgehead atoms. The van der Waals surface area contributed by atoms with Crippen LogP contribution in [0.4, 0.5) is 0 Å². The standard InChI is InChI=1S/C7H12O5S/c1-5(8)12-3-7(10)13-4-6(9)11-2/h7,10H,3-4H2,1-2H3/t7-/m0/s1. The van der Waals surface area contributed by atoms with Crippen molar-refractivity contribution in [2.24, 2.45) is 0 Å². The molecule has 0 aromatic rings. The fourth-order valence-electron chi connectivity index (χ4n) is 0.460. The minimum absolute atomic E-state index is 0.0406. The third-order valence-corrected chi connectivity index (χ3v) is 1.97. The molecule has 0 saturated heterocycles. The van der Waals surface area contributed by atoms with Crippen molar-refractivity contribution >= 4 is 23.7 Å². The van der Waals surface area contributed by atoms with Gasteiger partial charge in [-0.1, -0.05) is 0 Å². The van der Waals surface area contributed by atoms with Gasteiger partial charge in [-0.25, -0.2) is 0 Å². The summed E-state index contributed by atoms with van der Waals surface area (Å²) >= 11 is 0.955. The van der Waals surface area contributed by atoms with Crippen LogP contribution < -0.4 is 0 Å². The molecule has 0 unspecified atom stereocenters. The fourth-order valence-corrected chi connectivity index (χ4v) is 1.07. The first-order valence-corrected chi connectivity index (χ1v) is 4.61. The second-order valence-electron chi connectivity index (χ2n) is 2.14. The van der Waals surface area contributed by atoms with Crippen molar-refractivity contribution in [3.05, 3.63) is 0 Å². The summed E-state index contributed by atoms with van der Waals surface area (Å²) in [6.45, 7) is 1.13. The normalized spacial score (nSPS) is 11.9. The Morgan fingerprint density at radius 2 is 2.15 bits per heavy atom. The molecule has 0 amide bonds. The quantitative estimate of drug-likeness (QED) is 0.497. The van der Waals surface area contributed by atoms with E-state index < -0.39 is 17.4 Å². The van der Waals surface area contributed by atoms with E-state index in [4.69, 9.17) is 5.11 Å². The Hall–Kier alpha value is -0.750. The zero-order valence-electron chi connectivity index (χ0n) is 7.48. The Kier molecular flexibility index (Phi) is 6.34. The molecular formula is C7H12O5S. The zero-order chi connectivity index (χ0) is 10.3. The molecule has 0 saturated carbocycles. The van der Waals surface area contributed by atoms with Crippen molar-refractivity contribution in [3.63, 3.8) is 0 Å². The summed E-state index contributed by atoms with van der Waals surface area (Å²) in [5.74, 6) is -0.844. The van der Waals surface area contributed by atoms with Crippen LogP contribution in [0.2, 0.25) is 0 Å². The summed E-state index contributed by atoms with van der Waals surface area (Å²) in [6, 6.07) is 0. The average molecular weight is 208 g/mol. The molecule has 0 aliphatic heterocycles. The topological polar surface area (TPSA) is 72.8 Å². The Bertz CT molecular complexity index is 182. The number of thioether (sulfide) groups is 1. The first-order valence-electron chi connectivity index (χ1n) is 3.56. The molecule has 0 fully saturated rings. The predicted molar refractivity (Wildman–Crippen MR) is 47.1 cm³/mol. The molecule has 5 nitrogen and oxygen atoms in total. The second kappa shape index (κ2) is 6.73. The largest absolute Gasteiger partial charge is 0.468 e. The van der Waals surface area contributed by atoms with Gasteiger partial charge in [-0.2, -0.15) is 0 Å². The highest BCUT2D eigenvalue weighted by atomic mass is 32.2. The van der Waals surface area contributed by atoms with Gasteiger partial charge in [0.2, 0.25) is 0 Å². The van der Waals surface area contributed by atoms with Crippen LogP contribution in [-0.2, 0) is 19.1 Å². The number of ether oxygens (including phenoxy) is 2. The molecule has 0 aromatic heterocycles. The summed E-state index contributed by atoms with van der Waals surface area (Å²) in [7, 11) is 1.27. The Labute approximate surface area is 80.4 Å². The van der Waals surface area contributed by atoms with Gasteiger partial charge >= 0.3 is 11.9 Å². The van der Waals surface area contributed by atoms with Crippen LogP contribution in [0, 0.1) is 0 Å².